The number of carbonyl (C=O) groups excluding carboxylic acids is 1. The molecular weight excluding hydrogens is 397 g/mol. The van der Waals surface area contributed by atoms with Crippen LogP contribution in [0.25, 0.3) is 10.9 Å². The van der Waals surface area contributed by atoms with Crippen LogP contribution in [0.3, 0.4) is 0 Å². The lowest BCUT2D eigenvalue weighted by atomic mass is 10.0. The van der Waals surface area contributed by atoms with Crippen molar-refractivity contribution in [3.05, 3.63) is 75.3 Å². The third kappa shape index (κ3) is 4.94. The molecule has 31 heavy (non-hydrogen) atoms. The van der Waals surface area contributed by atoms with Crippen molar-refractivity contribution in [2.45, 2.75) is 39.3 Å². The predicted octanol–water partition coefficient (Wildman–Crippen LogP) is 4.50. The number of hydrogen-bond donors (Lipinski definition) is 2. The van der Waals surface area contributed by atoms with Gasteiger partial charge in [0.05, 0.1) is 12.6 Å². The zero-order valence-corrected chi connectivity index (χ0v) is 17.7. The molecule has 1 unspecified atom stereocenters. The number of fused-ring (bicyclic) bond motifs is 1. The fourth-order valence-corrected chi connectivity index (χ4v) is 4.03. The highest BCUT2D eigenvalue weighted by Crippen LogP contribution is 2.20. The van der Waals surface area contributed by atoms with E-state index in [1.165, 1.54) is 24.3 Å². The fraction of sp³-hybridized carbons (Fsp3) is 0.333. The summed E-state index contributed by atoms with van der Waals surface area (Å²) < 4.78 is 18.9. The van der Waals surface area contributed by atoms with Gasteiger partial charge in [-0.15, -0.1) is 0 Å². The highest BCUT2D eigenvalue weighted by atomic mass is 19.1. The van der Waals surface area contributed by atoms with E-state index in [4.69, 9.17) is 4.74 Å². The molecule has 1 atom stereocenters. The van der Waals surface area contributed by atoms with E-state index in [1.54, 1.807) is 4.90 Å². The van der Waals surface area contributed by atoms with Crippen LogP contribution in [0.2, 0.25) is 0 Å². The standard InChI is InChI=1S/C24H26FN3O3/c1-15-10-16(2)21-12-17(23(29)27-22(21)11-15)13-28(14-20-4-3-9-31-20)24(30)26-19-7-5-18(25)6-8-19/h5-8,10-12,20H,3-4,9,13-14H2,1-2H3,(H,26,30)(H,27,29). The first-order valence-electron chi connectivity index (χ1n) is 10.5. The summed E-state index contributed by atoms with van der Waals surface area (Å²) in [5, 5.41) is 3.75. The number of carbonyl (C=O) groups is 1. The Morgan fingerprint density at radius 3 is 2.71 bits per heavy atom. The number of aromatic amines is 1. The molecule has 2 aromatic carbocycles. The van der Waals surface area contributed by atoms with Gasteiger partial charge >= 0.3 is 6.03 Å². The number of hydrogen-bond acceptors (Lipinski definition) is 3. The van der Waals surface area contributed by atoms with Crippen LogP contribution >= 0.6 is 0 Å². The molecule has 0 aliphatic carbocycles. The number of nitrogens with zero attached hydrogens (tertiary/aromatic N) is 1. The minimum atomic E-state index is -0.373. The highest BCUT2D eigenvalue weighted by Gasteiger charge is 2.24. The molecule has 162 valence electrons. The molecule has 0 spiro atoms. The number of amides is 2. The SMILES string of the molecule is Cc1cc(C)c2cc(CN(CC3CCCO3)C(=O)Nc3ccc(F)cc3)c(=O)[nH]c2c1. The molecule has 1 aliphatic heterocycles. The molecular formula is C24H26FN3O3. The van der Waals surface area contributed by atoms with Gasteiger partial charge in [0.15, 0.2) is 0 Å². The van der Waals surface area contributed by atoms with Crippen molar-refractivity contribution in [1.29, 1.82) is 0 Å². The van der Waals surface area contributed by atoms with E-state index < -0.39 is 0 Å². The van der Waals surface area contributed by atoms with Gasteiger partial charge in [-0.25, -0.2) is 9.18 Å². The van der Waals surface area contributed by atoms with E-state index in [9.17, 15) is 14.0 Å². The van der Waals surface area contributed by atoms with Gasteiger partial charge in [-0.1, -0.05) is 6.07 Å². The maximum absolute atomic E-state index is 13.2. The number of ether oxygens (including phenoxy) is 1. The average molecular weight is 423 g/mol. The molecule has 2 N–H and O–H groups in total. The monoisotopic (exact) mass is 423 g/mol. The number of anilines is 1. The number of H-pyrrole nitrogens is 1. The third-order valence-electron chi connectivity index (χ3n) is 5.58. The minimum absolute atomic E-state index is 0.0668. The number of nitrogens with one attached hydrogen (secondary N) is 2. The van der Waals surface area contributed by atoms with Gasteiger partial charge in [0.1, 0.15) is 5.82 Å². The van der Waals surface area contributed by atoms with Crippen molar-refractivity contribution in [3.8, 4) is 0 Å². The first-order valence-corrected chi connectivity index (χ1v) is 10.5. The van der Waals surface area contributed by atoms with Gasteiger partial charge in [-0.3, -0.25) is 4.79 Å². The molecule has 1 fully saturated rings. The van der Waals surface area contributed by atoms with Gasteiger partial charge in [0.2, 0.25) is 0 Å². The van der Waals surface area contributed by atoms with Gasteiger partial charge in [-0.05, 0) is 74.2 Å². The summed E-state index contributed by atoms with van der Waals surface area (Å²) in [6.45, 7) is 5.18. The molecule has 7 heteroatoms. The summed E-state index contributed by atoms with van der Waals surface area (Å²) in [5.41, 5.74) is 3.70. The predicted molar refractivity (Wildman–Crippen MR) is 119 cm³/mol. The number of pyridine rings is 1. The van der Waals surface area contributed by atoms with E-state index >= 15 is 0 Å². The Bertz CT molecular complexity index is 1150. The molecule has 1 saturated heterocycles. The highest BCUT2D eigenvalue weighted by molar-refractivity contribution is 5.89. The Labute approximate surface area is 180 Å². The van der Waals surface area contributed by atoms with E-state index in [0.29, 0.717) is 24.4 Å². The summed E-state index contributed by atoms with van der Waals surface area (Å²) in [7, 11) is 0. The Balaban J connectivity index is 1.62. The van der Waals surface area contributed by atoms with Crippen LogP contribution < -0.4 is 10.9 Å². The van der Waals surface area contributed by atoms with E-state index in [2.05, 4.69) is 16.4 Å². The van der Waals surface area contributed by atoms with Crippen LogP contribution in [0.1, 0.15) is 29.5 Å². The summed E-state index contributed by atoms with van der Waals surface area (Å²) >= 11 is 0. The second-order valence-electron chi connectivity index (χ2n) is 8.12. The lowest BCUT2D eigenvalue weighted by Crippen LogP contribution is -2.40. The van der Waals surface area contributed by atoms with Crippen molar-refractivity contribution < 1.29 is 13.9 Å². The number of aromatic nitrogens is 1. The average Bonchev–Trinajstić information content (AvgIpc) is 3.23. The fourth-order valence-electron chi connectivity index (χ4n) is 4.03. The zero-order chi connectivity index (χ0) is 22.0. The van der Waals surface area contributed by atoms with Crippen LogP contribution in [0.4, 0.5) is 14.9 Å². The van der Waals surface area contributed by atoms with Crippen molar-refractivity contribution in [3.63, 3.8) is 0 Å². The first-order chi connectivity index (χ1) is 14.9. The summed E-state index contributed by atoms with van der Waals surface area (Å²) in [6.07, 6.45) is 1.75. The van der Waals surface area contributed by atoms with Crippen molar-refractivity contribution in [1.82, 2.24) is 9.88 Å². The van der Waals surface area contributed by atoms with E-state index in [1.807, 2.05) is 26.0 Å². The minimum Gasteiger partial charge on any atom is -0.376 e. The smallest absolute Gasteiger partial charge is 0.322 e. The molecule has 2 heterocycles. The maximum Gasteiger partial charge on any atom is 0.322 e. The van der Waals surface area contributed by atoms with Gasteiger partial charge in [0, 0.05) is 35.3 Å². The molecule has 3 aromatic rings. The van der Waals surface area contributed by atoms with Crippen LogP contribution in [-0.4, -0.2) is 35.2 Å². The normalized spacial score (nSPS) is 15.9. The van der Waals surface area contributed by atoms with E-state index in [0.717, 1.165) is 34.9 Å². The van der Waals surface area contributed by atoms with Gasteiger partial charge < -0.3 is 19.9 Å². The zero-order valence-electron chi connectivity index (χ0n) is 17.7. The number of rotatable bonds is 5. The molecule has 6 nitrogen and oxygen atoms in total. The molecule has 1 aliphatic rings. The summed E-state index contributed by atoms with van der Waals surface area (Å²) in [4.78, 5) is 30.3. The topological polar surface area (TPSA) is 74.4 Å². The molecule has 2 amide bonds. The molecule has 0 bridgehead atoms. The molecule has 4 rings (SSSR count). The molecule has 0 radical (unpaired) electrons. The van der Waals surface area contributed by atoms with Gasteiger partial charge in [-0.2, -0.15) is 0 Å². The van der Waals surface area contributed by atoms with Crippen LogP contribution in [0.15, 0.2) is 47.3 Å². The Hall–Kier alpha value is -3.19. The Morgan fingerprint density at radius 1 is 1.23 bits per heavy atom. The van der Waals surface area contributed by atoms with Gasteiger partial charge in [0.25, 0.3) is 5.56 Å². The Morgan fingerprint density at radius 2 is 2.00 bits per heavy atom. The largest absolute Gasteiger partial charge is 0.376 e. The summed E-state index contributed by atoms with van der Waals surface area (Å²) in [5.74, 6) is -0.373. The Kier molecular flexibility index (Phi) is 6.04. The van der Waals surface area contributed by atoms with Crippen molar-refractivity contribution >= 4 is 22.6 Å². The number of urea groups is 1. The van der Waals surface area contributed by atoms with Crippen molar-refractivity contribution in [2.75, 3.05) is 18.5 Å². The first kappa shape index (κ1) is 21.1. The second-order valence-corrected chi connectivity index (χ2v) is 8.12. The lowest BCUT2D eigenvalue weighted by molar-refractivity contribution is 0.0818. The van der Waals surface area contributed by atoms with E-state index in [-0.39, 0.29) is 30.1 Å². The maximum atomic E-state index is 13.2. The number of halogens is 1. The third-order valence-corrected chi connectivity index (χ3v) is 5.58. The van der Waals surface area contributed by atoms with Crippen LogP contribution in [0.5, 0.6) is 0 Å². The van der Waals surface area contributed by atoms with Crippen LogP contribution in [0, 0.1) is 19.7 Å². The van der Waals surface area contributed by atoms with Crippen molar-refractivity contribution in [2.24, 2.45) is 0 Å². The van der Waals surface area contributed by atoms with Crippen LogP contribution in [-0.2, 0) is 11.3 Å². The lowest BCUT2D eigenvalue weighted by Gasteiger charge is -2.26. The quantitative estimate of drug-likeness (QED) is 0.635. The molecule has 0 saturated carbocycles. The molecule has 1 aromatic heterocycles. The number of benzene rings is 2. The second kappa shape index (κ2) is 8.89. The number of aryl methyl sites for hydroxylation is 2. The summed E-state index contributed by atoms with van der Waals surface area (Å²) in [6, 6.07) is 11.1.